The Hall–Kier alpha value is -1.30. The van der Waals surface area contributed by atoms with Gasteiger partial charge in [-0.05, 0) is 19.3 Å². The molecule has 0 aromatic heterocycles. The van der Waals surface area contributed by atoms with E-state index in [1.807, 2.05) is 0 Å². The van der Waals surface area contributed by atoms with E-state index in [0.717, 1.165) is 6.42 Å². The third kappa shape index (κ3) is 1.84. The highest BCUT2D eigenvalue weighted by molar-refractivity contribution is 5.74. The summed E-state index contributed by atoms with van der Waals surface area (Å²) in [5, 5.41) is 0. The normalized spacial score (nSPS) is 37.3. The zero-order chi connectivity index (χ0) is 12.7. The Morgan fingerprint density at radius 2 is 1.83 bits per heavy atom. The van der Waals surface area contributed by atoms with Crippen molar-refractivity contribution in [2.75, 3.05) is 20.3 Å². The van der Waals surface area contributed by atoms with Gasteiger partial charge in [0.15, 0.2) is 0 Å². The number of esters is 1. The van der Waals surface area contributed by atoms with Gasteiger partial charge in [-0.2, -0.15) is 0 Å². The summed E-state index contributed by atoms with van der Waals surface area (Å²) >= 11 is 0. The van der Waals surface area contributed by atoms with E-state index in [2.05, 4.69) is 4.74 Å². The van der Waals surface area contributed by atoms with Gasteiger partial charge in [0.05, 0.1) is 38.3 Å². The zero-order valence-electron chi connectivity index (χ0n) is 10.3. The Morgan fingerprint density at radius 1 is 1.17 bits per heavy atom. The van der Waals surface area contributed by atoms with Gasteiger partial charge in [0.25, 0.3) is 0 Å². The molecule has 3 aliphatic rings. The number of carbonyl (C=O) groups is 2. The van der Waals surface area contributed by atoms with E-state index in [-0.39, 0.29) is 36.2 Å². The Bertz CT molecular complexity index is 351. The molecule has 0 N–H and O–H groups in total. The molecule has 6 heteroatoms. The van der Waals surface area contributed by atoms with Crippen molar-refractivity contribution in [3.8, 4) is 0 Å². The molecule has 0 radical (unpaired) electrons. The average molecular weight is 255 g/mol. The first kappa shape index (κ1) is 11.8. The van der Waals surface area contributed by atoms with Crippen molar-refractivity contribution < 1.29 is 23.8 Å². The average Bonchev–Trinajstić information content (AvgIpc) is 2.33. The summed E-state index contributed by atoms with van der Waals surface area (Å²) in [6.07, 6.45) is 1.79. The summed E-state index contributed by atoms with van der Waals surface area (Å²) in [6.45, 7) is 1.22. The molecule has 3 fully saturated rings. The van der Waals surface area contributed by atoms with Gasteiger partial charge in [0, 0.05) is 0 Å². The molecule has 2 aliphatic heterocycles. The molecule has 0 aromatic carbocycles. The second kappa shape index (κ2) is 4.42. The Labute approximate surface area is 105 Å². The van der Waals surface area contributed by atoms with E-state index in [0.29, 0.717) is 26.1 Å². The summed E-state index contributed by atoms with van der Waals surface area (Å²) < 4.78 is 15.3. The number of morpholine rings is 1. The molecule has 18 heavy (non-hydrogen) atoms. The van der Waals surface area contributed by atoms with Crippen LogP contribution in [-0.4, -0.2) is 55.5 Å². The second-order valence-electron chi connectivity index (χ2n) is 5.19. The van der Waals surface area contributed by atoms with Crippen LogP contribution in [0.15, 0.2) is 0 Å². The van der Waals surface area contributed by atoms with Gasteiger partial charge in [-0.25, -0.2) is 4.79 Å². The monoisotopic (exact) mass is 255 g/mol. The van der Waals surface area contributed by atoms with Gasteiger partial charge in [0.1, 0.15) is 6.10 Å². The lowest BCUT2D eigenvalue weighted by Crippen LogP contribution is -2.66. The number of fused-ring (bicyclic) bond motifs is 2. The predicted molar refractivity (Wildman–Crippen MR) is 59.9 cm³/mol. The summed E-state index contributed by atoms with van der Waals surface area (Å²) in [6, 6.07) is 0.375. The van der Waals surface area contributed by atoms with Gasteiger partial charge in [-0.15, -0.1) is 0 Å². The number of hydrogen-bond donors (Lipinski definition) is 0. The molecule has 1 aliphatic carbocycles. The van der Waals surface area contributed by atoms with Crippen LogP contribution in [0.25, 0.3) is 0 Å². The third-order valence-corrected chi connectivity index (χ3v) is 4.06. The maximum absolute atomic E-state index is 11.9. The van der Waals surface area contributed by atoms with E-state index in [9.17, 15) is 9.59 Å². The SMILES string of the molecule is COC(=O)C1CC(OC(=O)N2C3COCC2C3)C1. The number of amides is 1. The molecule has 100 valence electrons. The highest BCUT2D eigenvalue weighted by Gasteiger charge is 2.47. The smallest absolute Gasteiger partial charge is 0.410 e. The van der Waals surface area contributed by atoms with Crippen molar-refractivity contribution in [1.82, 2.24) is 4.90 Å². The zero-order valence-corrected chi connectivity index (χ0v) is 10.3. The predicted octanol–water partition coefficient (Wildman–Crippen LogP) is 0.548. The quantitative estimate of drug-likeness (QED) is 0.674. The molecule has 3 rings (SSSR count). The van der Waals surface area contributed by atoms with Gasteiger partial charge < -0.3 is 14.2 Å². The Morgan fingerprint density at radius 3 is 2.39 bits per heavy atom. The number of carbonyl (C=O) groups excluding carboxylic acids is 2. The van der Waals surface area contributed by atoms with Crippen LogP contribution in [0.5, 0.6) is 0 Å². The van der Waals surface area contributed by atoms with Crippen LogP contribution in [0.2, 0.25) is 0 Å². The number of nitrogens with zero attached hydrogens (tertiary/aromatic N) is 1. The first-order chi connectivity index (χ1) is 8.69. The van der Waals surface area contributed by atoms with Crippen LogP contribution in [0.3, 0.4) is 0 Å². The number of methoxy groups -OCH3 is 1. The lowest BCUT2D eigenvalue weighted by Gasteiger charge is -2.51. The molecule has 2 atom stereocenters. The Balaban J connectivity index is 1.45. The number of rotatable bonds is 2. The topological polar surface area (TPSA) is 65.1 Å². The standard InChI is InChI=1S/C12H17NO5/c1-16-11(14)7-2-10(3-7)18-12(15)13-8-4-9(13)6-17-5-8/h7-10H,2-6H2,1H3. The molecule has 2 unspecified atom stereocenters. The van der Waals surface area contributed by atoms with E-state index in [1.165, 1.54) is 7.11 Å². The largest absolute Gasteiger partial charge is 0.469 e. The van der Waals surface area contributed by atoms with Crippen molar-refractivity contribution in [3.05, 3.63) is 0 Å². The van der Waals surface area contributed by atoms with Crippen LogP contribution in [0.1, 0.15) is 19.3 Å². The minimum Gasteiger partial charge on any atom is -0.469 e. The molecule has 1 amide bonds. The van der Waals surface area contributed by atoms with Crippen LogP contribution in [-0.2, 0) is 19.0 Å². The minimum atomic E-state index is -0.257. The van der Waals surface area contributed by atoms with E-state index in [1.54, 1.807) is 4.90 Å². The van der Waals surface area contributed by atoms with Gasteiger partial charge in [-0.1, -0.05) is 0 Å². The van der Waals surface area contributed by atoms with Crippen LogP contribution >= 0.6 is 0 Å². The van der Waals surface area contributed by atoms with Crippen molar-refractivity contribution in [2.24, 2.45) is 5.92 Å². The lowest BCUT2D eigenvalue weighted by atomic mass is 9.82. The molecule has 2 heterocycles. The molecule has 6 nitrogen and oxygen atoms in total. The van der Waals surface area contributed by atoms with E-state index >= 15 is 0 Å². The maximum Gasteiger partial charge on any atom is 0.410 e. The van der Waals surface area contributed by atoms with Crippen molar-refractivity contribution in [3.63, 3.8) is 0 Å². The van der Waals surface area contributed by atoms with Crippen LogP contribution in [0.4, 0.5) is 4.79 Å². The second-order valence-corrected chi connectivity index (χ2v) is 5.19. The Kier molecular flexibility index (Phi) is 2.89. The molecular formula is C12H17NO5. The molecule has 0 aromatic rings. The first-order valence-electron chi connectivity index (χ1n) is 6.33. The lowest BCUT2D eigenvalue weighted by molar-refractivity contribution is -0.155. The minimum absolute atomic E-state index is 0.105. The summed E-state index contributed by atoms with van der Waals surface area (Å²) in [5.41, 5.74) is 0. The maximum atomic E-state index is 11.9. The fourth-order valence-corrected chi connectivity index (χ4v) is 2.86. The fourth-order valence-electron chi connectivity index (χ4n) is 2.86. The van der Waals surface area contributed by atoms with E-state index in [4.69, 9.17) is 9.47 Å². The van der Waals surface area contributed by atoms with Crippen molar-refractivity contribution in [1.29, 1.82) is 0 Å². The molecule has 2 bridgehead atoms. The van der Waals surface area contributed by atoms with Crippen molar-refractivity contribution >= 4 is 12.1 Å². The van der Waals surface area contributed by atoms with Gasteiger partial charge >= 0.3 is 12.1 Å². The third-order valence-electron chi connectivity index (χ3n) is 4.06. The van der Waals surface area contributed by atoms with E-state index < -0.39 is 0 Å². The molecule has 1 saturated carbocycles. The number of ether oxygens (including phenoxy) is 3. The van der Waals surface area contributed by atoms with Crippen LogP contribution < -0.4 is 0 Å². The highest BCUT2D eigenvalue weighted by Crippen LogP contribution is 2.35. The highest BCUT2D eigenvalue weighted by atomic mass is 16.6. The van der Waals surface area contributed by atoms with Gasteiger partial charge in [-0.3, -0.25) is 9.69 Å². The molecular weight excluding hydrogens is 238 g/mol. The van der Waals surface area contributed by atoms with Crippen LogP contribution in [0, 0.1) is 5.92 Å². The molecule has 0 spiro atoms. The number of hydrogen-bond acceptors (Lipinski definition) is 5. The first-order valence-corrected chi connectivity index (χ1v) is 6.33. The summed E-state index contributed by atoms with van der Waals surface area (Å²) in [7, 11) is 1.38. The summed E-state index contributed by atoms with van der Waals surface area (Å²) in [5.74, 6) is -0.316. The molecule has 2 saturated heterocycles. The van der Waals surface area contributed by atoms with Gasteiger partial charge in [0.2, 0.25) is 0 Å². The fraction of sp³-hybridized carbons (Fsp3) is 0.833. The van der Waals surface area contributed by atoms with Crippen molar-refractivity contribution in [2.45, 2.75) is 37.5 Å². The summed E-state index contributed by atoms with van der Waals surface area (Å²) in [4.78, 5) is 24.9.